The highest BCUT2D eigenvalue weighted by Gasteiger charge is 2.47. The van der Waals surface area contributed by atoms with Gasteiger partial charge in [0.1, 0.15) is 0 Å². The highest BCUT2D eigenvalue weighted by molar-refractivity contribution is 9.09. The van der Waals surface area contributed by atoms with E-state index in [1.165, 1.54) is 11.3 Å². The van der Waals surface area contributed by atoms with Crippen LogP contribution in [0, 0.1) is 29.5 Å². The van der Waals surface area contributed by atoms with E-state index >= 15 is 0 Å². The standard InChI is InChI=1S/C18H24BrFN4O2/c1-10-5-14(10)15-6-11(19)3-4-13(15)17(26)24(2)9-16(25)23-18-21-7-12(20)8-22-18/h7-8,10-11,13-15H,3-6,9H2,1-2H3,(H,21,22,23,25)/t10-,11?,13?,14+,15?/m0/s1. The van der Waals surface area contributed by atoms with Gasteiger partial charge in [-0.15, -0.1) is 0 Å². The number of carbonyl (C=O) groups is 2. The van der Waals surface area contributed by atoms with Crippen LogP contribution in [0.4, 0.5) is 10.3 Å². The Morgan fingerprint density at radius 3 is 2.54 bits per heavy atom. The van der Waals surface area contributed by atoms with Gasteiger partial charge in [-0.3, -0.25) is 14.9 Å². The molecular formula is C18H24BrFN4O2. The Morgan fingerprint density at radius 1 is 1.27 bits per heavy atom. The molecule has 0 aromatic carbocycles. The molecule has 0 spiro atoms. The zero-order valence-electron chi connectivity index (χ0n) is 15.0. The SMILES string of the molecule is C[C@H]1C[C@H]1C1CC(Br)CCC1C(=O)N(C)CC(=O)Nc1ncc(F)cn1. The minimum absolute atomic E-state index is 0.0152. The molecule has 1 aromatic heterocycles. The summed E-state index contributed by atoms with van der Waals surface area (Å²) < 4.78 is 12.8. The second-order valence-electron chi connectivity index (χ2n) is 7.52. The van der Waals surface area contributed by atoms with Crippen molar-refractivity contribution in [2.45, 2.75) is 37.4 Å². The highest BCUT2D eigenvalue weighted by atomic mass is 79.9. The number of carbonyl (C=O) groups excluding carboxylic acids is 2. The van der Waals surface area contributed by atoms with Crippen molar-refractivity contribution in [2.75, 3.05) is 18.9 Å². The van der Waals surface area contributed by atoms with Crippen molar-refractivity contribution in [3.8, 4) is 0 Å². The third-order valence-corrected chi connectivity index (χ3v) is 6.33. The number of aromatic nitrogens is 2. The summed E-state index contributed by atoms with van der Waals surface area (Å²) in [5, 5.41) is 2.49. The Hall–Kier alpha value is -1.57. The van der Waals surface area contributed by atoms with Crippen molar-refractivity contribution < 1.29 is 14.0 Å². The van der Waals surface area contributed by atoms with Gasteiger partial charge in [0.15, 0.2) is 5.82 Å². The summed E-state index contributed by atoms with van der Waals surface area (Å²) in [5.74, 6) is 0.790. The first-order valence-electron chi connectivity index (χ1n) is 9.01. The van der Waals surface area contributed by atoms with Gasteiger partial charge in [-0.05, 0) is 43.4 Å². The molecule has 0 aliphatic heterocycles. The second-order valence-corrected chi connectivity index (χ2v) is 8.82. The Balaban J connectivity index is 1.57. The van der Waals surface area contributed by atoms with Gasteiger partial charge in [-0.1, -0.05) is 22.9 Å². The lowest BCUT2D eigenvalue weighted by Gasteiger charge is -2.35. The summed E-state index contributed by atoms with van der Waals surface area (Å²) in [7, 11) is 1.65. The van der Waals surface area contributed by atoms with Gasteiger partial charge in [0, 0.05) is 17.8 Å². The van der Waals surface area contributed by atoms with Crippen molar-refractivity contribution in [1.29, 1.82) is 0 Å². The molecule has 5 atom stereocenters. The zero-order chi connectivity index (χ0) is 18.8. The summed E-state index contributed by atoms with van der Waals surface area (Å²) in [6, 6.07) is 0. The number of alkyl halides is 1. The van der Waals surface area contributed by atoms with Crippen LogP contribution >= 0.6 is 15.9 Å². The van der Waals surface area contributed by atoms with Crippen molar-refractivity contribution >= 4 is 33.7 Å². The molecule has 8 heteroatoms. The molecule has 2 saturated carbocycles. The number of likely N-dealkylation sites (N-methyl/N-ethyl adjacent to an activating group) is 1. The number of nitrogens with zero attached hydrogens (tertiary/aromatic N) is 3. The molecule has 1 heterocycles. The summed E-state index contributed by atoms with van der Waals surface area (Å²) in [6.45, 7) is 2.17. The number of hydrogen-bond donors (Lipinski definition) is 1. The van der Waals surface area contributed by atoms with E-state index in [1.807, 2.05) is 0 Å². The smallest absolute Gasteiger partial charge is 0.246 e. The molecule has 0 bridgehead atoms. The van der Waals surface area contributed by atoms with Crippen LogP contribution < -0.4 is 5.32 Å². The molecule has 2 fully saturated rings. The summed E-state index contributed by atoms with van der Waals surface area (Å²) in [5.41, 5.74) is 0. The first kappa shape index (κ1) is 19.2. The summed E-state index contributed by atoms with van der Waals surface area (Å²) in [6.07, 6.45) is 6.03. The summed E-state index contributed by atoms with van der Waals surface area (Å²) >= 11 is 3.71. The molecular weight excluding hydrogens is 403 g/mol. The molecule has 1 N–H and O–H groups in total. The molecule has 0 radical (unpaired) electrons. The molecule has 0 saturated heterocycles. The fraction of sp³-hybridized carbons (Fsp3) is 0.667. The number of halogens is 2. The topological polar surface area (TPSA) is 75.2 Å². The Morgan fingerprint density at radius 2 is 1.92 bits per heavy atom. The van der Waals surface area contributed by atoms with Crippen LogP contribution in [0.3, 0.4) is 0 Å². The van der Waals surface area contributed by atoms with E-state index < -0.39 is 11.7 Å². The Kier molecular flexibility index (Phi) is 5.89. The average Bonchev–Trinajstić information content (AvgIpc) is 3.33. The Labute approximate surface area is 161 Å². The van der Waals surface area contributed by atoms with Gasteiger partial charge in [0.25, 0.3) is 0 Å². The maximum absolute atomic E-state index is 12.9. The van der Waals surface area contributed by atoms with Crippen molar-refractivity contribution in [3.05, 3.63) is 18.2 Å². The van der Waals surface area contributed by atoms with Crippen molar-refractivity contribution in [1.82, 2.24) is 14.9 Å². The average molecular weight is 427 g/mol. The van der Waals surface area contributed by atoms with Gasteiger partial charge in [-0.25, -0.2) is 14.4 Å². The van der Waals surface area contributed by atoms with Gasteiger partial charge >= 0.3 is 0 Å². The van der Waals surface area contributed by atoms with E-state index in [2.05, 4.69) is 38.1 Å². The maximum Gasteiger partial charge on any atom is 0.246 e. The minimum Gasteiger partial charge on any atom is -0.336 e. The van der Waals surface area contributed by atoms with Crippen LogP contribution in [0.15, 0.2) is 12.4 Å². The highest BCUT2D eigenvalue weighted by Crippen LogP contribution is 2.52. The van der Waals surface area contributed by atoms with Crippen LogP contribution in [0.1, 0.15) is 32.6 Å². The molecule has 1 aromatic rings. The molecule has 142 valence electrons. The van der Waals surface area contributed by atoms with E-state index in [0.29, 0.717) is 22.6 Å². The van der Waals surface area contributed by atoms with E-state index in [1.54, 1.807) is 7.05 Å². The lowest BCUT2D eigenvalue weighted by atomic mass is 9.75. The zero-order valence-corrected chi connectivity index (χ0v) is 16.6. The number of nitrogens with one attached hydrogen (secondary N) is 1. The lowest BCUT2D eigenvalue weighted by Crippen LogP contribution is -2.43. The van der Waals surface area contributed by atoms with Gasteiger partial charge < -0.3 is 4.90 Å². The molecule has 3 unspecified atom stereocenters. The first-order valence-corrected chi connectivity index (χ1v) is 9.93. The predicted octanol–water partition coefficient (Wildman–Crippen LogP) is 2.85. The molecule has 26 heavy (non-hydrogen) atoms. The van der Waals surface area contributed by atoms with Gasteiger partial charge in [0.05, 0.1) is 18.9 Å². The van der Waals surface area contributed by atoms with Crippen molar-refractivity contribution in [3.63, 3.8) is 0 Å². The fourth-order valence-electron chi connectivity index (χ4n) is 4.00. The lowest BCUT2D eigenvalue weighted by molar-refractivity contribution is -0.140. The monoisotopic (exact) mass is 426 g/mol. The number of amides is 2. The van der Waals surface area contributed by atoms with Crippen LogP contribution in [0.2, 0.25) is 0 Å². The van der Waals surface area contributed by atoms with Crippen LogP contribution in [-0.4, -0.2) is 45.1 Å². The molecule has 3 rings (SSSR count). The summed E-state index contributed by atoms with van der Waals surface area (Å²) in [4.78, 5) is 34.4. The fourth-order valence-corrected chi connectivity index (χ4v) is 4.69. The third kappa shape index (κ3) is 4.58. The van der Waals surface area contributed by atoms with E-state index in [0.717, 1.165) is 31.7 Å². The number of hydrogen-bond acceptors (Lipinski definition) is 4. The van der Waals surface area contributed by atoms with Crippen molar-refractivity contribution in [2.24, 2.45) is 23.7 Å². The van der Waals surface area contributed by atoms with Crippen LogP contribution in [0.25, 0.3) is 0 Å². The number of anilines is 1. The number of rotatable bonds is 5. The minimum atomic E-state index is -0.571. The normalized spacial score (nSPS) is 30.5. The van der Waals surface area contributed by atoms with E-state index in [9.17, 15) is 14.0 Å². The van der Waals surface area contributed by atoms with E-state index in [-0.39, 0.29) is 24.3 Å². The molecule has 2 aliphatic rings. The maximum atomic E-state index is 12.9. The quantitative estimate of drug-likeness (QED) is 0.734. The van der Waals surface area contributed by atoms with E-state index in [4.69, 9.17) is 0 Å². The van der Waals surface area contributed by atoms with Gasteiger partial charge in [-0.2, -0.15) is 0 Å². The molecule has 2 aliphatic carbocycles. The third-order valence-electron chi connectivity index (χ3n) is 5.50. The second kappa shape index (κ2) is 7.98. The largest absolute Gasteiger partial charge is 0.336 e. The van der Waals surface area contributed by atoms with Crippen LogP contribution in [-0.2, 0) is 9.59 Å². The van der Waals surface area contributed by atoms with Crippen LogP contribution in [0.5, 0.6) is 0 Å². The first-order chi connectivity index (χ1) is 12.3. The molecule has 2 amide bonds. The predicted molar refractivity (Wildman–Crippen MR) is 99.1 cm³/mol. The Bertz CT molecular complexity index is 672. The molecule has 6 nitrogen and oxygen atoms in total. The van der Waals surface area contributed by atoms with Gasteiger partial charge in [0.2, 0.25) is 17.8 Å².